The van der Waals surface area contributed by atoms with Crippen LogP contribution < -0.4 is 10.1 Å². The number of likely N-dealkylation sites (N-methyl/N-ethyl adjacent to an activating group) is 1. The van der Waals surface area contributed by atoms with Crippen LogP contribution in [0.1, 0.15) is 0 Å². The molecule has 3 rings (SSSR count). The van der Waals surface area contributed by atoms with Gasteiger partial charge >= 0.3 is 0 Å². The normalized spacial score (nSPS) is 10.2. The van der Waals surface area contributed by atoms with Crippen LogP contribution in [0.4, 0.5) is 5.13 Å². The van der Waals surface area contributed by atoms with E-state index in [1.165, 1.54) is 11.1 Å². The molecule has 136 valence electrons. The van der Waals surface area contributed by atoms with E-state index in [0.717, 1.165) is 34.2 Å². The lowest BCUT2D eigenvalue weighted by atomic mass is 10.1. The summed E-state index contributed by atoms with van der Waals surface area (Å²) in [6.07, 6.45) is 0. The van der Waals surface area contributed by atoms with Gasteiger partial charge in [0.2, 0.25) is 0 Å². The van der Waals surface area contributed by atoms with Gasteiger partial charge in [0, 0.05) is 18.7 Å². The molecule has 0 aliphatic rings. The van der Waals surface area contributed by atoms with Crippen LogP contribution >= 0.6 is 36.2 Å². The van der Waals surface area contributed by atoms with Crippen LogP contribution in [-0.4, -0.2) is 44.2 Å². The summed E-state index contributed by atoms with van der Waals surface area (Å²) in [7, 11) is 5.82. The number of hydrogen-bond donors (Lipinski definition) is 1. The first-order chi connectivity index (χ1) is 11.2. The van der Waals surface area contributed by atoms with E-state index in [2.05, 4.69) is 54.6 Å². The largest absolute Gasteiger partial charge is 0.494 e. The Morgan fingerprint density at radius 2 is 1.80 bits per heavy atom. The van der Waals surface area contributed by atoms with Gasteiger partial charge in [-0.15, -0.1) is 24.8 Å². The molecular weight excluding hydrogens is 377 g/mol. The van der Waals surface area contributed by atoms with Crippen LogP contribution in [0, 0.1) is 0 Å². The molecule has 0 fully saturated rings. The van der Waals surface area contributed by atoms with Gasteiger partial charge in [-0.25, -0.2) is 4.98 Å². The van der Waals surface area contributed by atoms with E-state index in [-0.39, 0.29) is 24.8 Å². The zero-order chi connectivity index (χ0) is 16.2. The van der Waals surface area contributed by atoms with Crippen molar-refractivity contribution in [2.75, 3.05) is 39.6 Å². The Morgan fingerprint density at radius 3 is 2.44 bits per heavy atom. The van der Waals surface area contributed by atoms with E-state index in [4.69, 9.17) is 9.72 Å². The lowest BCUT2D eigenvalue weighted by Gasteiger charge is -2.08. The van der Waals surface area contributed by atoms with Gasteiger partial charge in [-0.2, -0.15) is 0 Å². The Morgan fingerprint density at radius 1 is 1.08 bits per heavy atom. The van der Waals surface area contributed by atoms with E-state index in [1.807, 2.05) is 12.1 Å². The molecule has 0 unspecified atom stereocenters. The summed E-state index contributed by atoms with van der Waals surface area (Å²) >= 11 is 1.68. The molecule has 1 aromatic heterocycles. The van der Waals surface area contributed by atoms with Crippen LogP contribution in [0.2, 0.25) is 0 Å². The Bertz CT molecular complexity index is 794. The molecule has 0 atom stereocenters. The van der Waals surface area contributed by atoms with Crippen LogP contribution in [0.15, 0.2) is 42.5 Å². The molecule has 0 bridgehead atoms. The third-order valence-electron chi connectivity index (χ3n) is 3.65. The lowest BCUT2D eigenvalue weighted by molar-refractivity contribution is 0.419. The standard InChI is InChI=1S/C18H21N3OS.2ClH/c1-21(2)12-11-19-18-20-16-15(22-3)10-9-14(17(16)23-18)13-7-5-4-6-8-13;;/h4-10H,11-12H2,1-3H3,(H,19,20);2*1H. The van der Waals surface area contributed by atoms with E-state index in [1.54, 1.807) is 18.4 Å². The number of ether oxygens (including phenoxy) is 1. The zero-order valence-corrected chi connectivity index (χ0v) is 16.9. The highest BCUT2D eigenvalue weighted by Crippen LogP contribution is 2.39. The van der Waals surface area contributed by atoms with Gasteiger partial charge in [-0.05, 0) is 31.8 Å². The number of thiazole rings is 1. The van der Waals surface area contributed by atoms with Crippen molar-refractivity contribution >= 4 is 51.5 Å². The highest BCUT2D eigenvalue weighted by Gasteiger charge is 2.14. The molecule has 25 heavy (non-hydrogen) atoms. The fourth-order valence-electron chi connectivity index (χ4n) is 2.46. The molecule has 0 amide bonds. The fraction of sp³-hybridized carbons (Fsp3) is 0.278. The van der Waals surface area contributed by atoms with Crippen LogP contribution in [0.3, 0.4) is 0 Å². The third-order valence-corrected chi connectivity index (χ3v) is 4.69. The summed E-state index contributed by atoms with van der Waals surface area (Å²) in [6.45, 7) is 1.84. The van der Waals surface area contributed by atoms with Gasteiger partial charge in [0.15, 0.2) is 5.13 Å². The molecule has 0 saturated carbocycles. The number of hydrogen-bond acceptors (Lipinski definition) is 5. The summed E-state index contributed by atoms with van der Waals surface area (Å²) in [5.41, 5.74) is 3.31. The van der Waals surface area contributed by atoms with Crippen LogP contribution in [-0.2, 0) is 0 Å². The van der Waals surface area contributed by atoms with E-state index in [9.17, 15) is 0 Å². The van der Waals surface area contributed by atoms with Crippen molar-refractivity contribution in [3.05, 3.63) is 42.5 Å². The number of methoxy groups -OCH3 is 1. The summed E-state index contributed by atoms with van der Waals surface area (Å²) < 4.78 is 6.64. The fourth-order valence-corrected chi connectivity index (χ4v) is 3.50. The quantitative estimate of drug-likeness (QED) is 0.646. The average Bonchev–Trinajstić information content (AvgIpc) is 2.98. The molecule has 7 heteroatoms. The van der Waals surface area contributed by atoms with Gasteiger partial charge in [0.25, 0.3) is 0 Å². The maximum atomic E-state index is 5.48. The number of aromatic nitrogens is 1. The van der Waals surface area contributed by atoms with Crippen LogP contribution in [0.25, 0.3) is 21.3 Å². The highest BCUT2D eigenvalue weighted by molar-refractivity contribution is 7.22. The zero-order valence-electron chi connectivity index (χ0n) is 14.5. The van der Waals surface area contributed by atoms with Crippen molar-refractivity contribution in [3.8, 4) is 16.9 Å². The summed E-state index contributed by atoms with van der Waals surface area (Å²) in [5, 5.41) is 4.34. The topological polar surface area (TPSA) is 37.4 Å². The Labute approximate surface area is 165 Å². The number of rotatable bonds is 6. The predicted octanol–water partition coefficient (Wildman–Crippen LogP) is 4.79. The first-order valence-electron chi connectivity index (χ1n) is 7.60. The molecule has 0 aliphatic carbocycles. The number of benzene rings is 2. The Balaban J connectivity index is 0.00000156. The number of nitrogens with zero attached hydrogens (tertiary/aromatic N) is 2. The molecule has 0 radical (unpaired) electrons. The van der Waals surface area contributed by atoms with E-state index >= 15 is 0 Å². The highest BCUT2D eigenvalue weighted by atomic mass is 35.5. The van der Waals surface area contributed by atoms with Crippen molar-refractivity contribution in [1.29, 1.82) is 0 Å². The molecule has 0 spiro atoms. The second-order valence-electron chi connectivity index (χ2n) is 5.61. The SMILES string of the molecule is COc1ccc(-c2ccccc2)c2sc(NCCN(C)C)nc12.Cl.Cl. The van der Waals surface area contributed by atoms with E-state index in [0.29, 0.717) is 0 Å². The predicted molar refractivity (Wildman–Crippen MR) is 113 cm³/mol. The van der Waals surface area contributed by atoms with Crippen molar-refractivity contribution in [3.63, 3.8) is 0 Å². The molecule has 3 aromatic rings. The molecule has 1 heterocycles. The summed E-state index contributed by atoms with van der Waals surface area (Å²) in [5.74, 6) is 0.816. The summed E-state index contributed by atoms with van der Waals surface area (Å²) in [6, 6.07) is 14.5. The number of anilines is 1. The monoisotopic (exact) mass is 399 g/mol. The van der Waals surface area contributed by atoms with Crippen molar-refractivity contribution < 1.29 is 4.74 Å². The molecule has 4 nitrogen and oxygen atoms in total. The average molecular weight is 400 g/mol. The van der Waals surface area contributed by atoms with Crippen molar-refractivity contribution in [1.82, 2.24) is 9.88 Å². The van der Waals surface area contributed by atoms with Crippen molar-refractivity contribution in [2.24, 2.45) is 0 Å². The van der Waals surface area contributed by atoms with Gasteiger partial charge in [-0.3, -0.25) is 0 Å². The van der Waals surface area contributed by atoms with Gasteiger partial charge in [0.05, 0.1) is 11.8 Å². The second kappa shape index (κ2) is 9.82. The number of halogens is 2. The smallest absolute Gasteiger partial charge is 0.183 e. The molecule has 0 aliphatic heterocycles. The molecule has 0 saturated heterocycles. The van der Waals surface area contributed by atoms with Crippen molar-refractivity contribution in [2.45, 2.75) is 0 Å². The maximum absolute atomic E-state index is 5.48. The molecule has 1 N–H and O–H groups in total. The summed E-state index contributed by atoms with van der Waals surface area (Å²) in [4.78, 5) is 6.88. The van der Waals surface area contributed by atoms with Crippen LogP contribution in [0.5, 0.6) is 5.75 Å². The van der Waals surface area contributed by atoms with Gasteiger partial charge in [-0.1, -0.05) is 41.7 Å². The minimum atomic E-state index is 0. The number of fused-ring (bicyclic) bond motifs is 1. The van der Waals surface area contributed by atoms with E-state index < -0.39 is 0 Å². The second-order valence-corrected chi connectivity index (χ2v) is 6.61. The first kappa shape index (κ1) is 21.5. The lowest BCUT2D eigenvalue weighted by Crippen LogP contribution is -2.20. The third kappa shape index (κ3) is 4.98. The minimum absolute atomic E-state index is 0. The molecule has 2 aromatic carbocycles. The van der Waals surface area contributed by atoms with Gasteiger partial charge in [0.1, 0.15) is 11.3 Å². The Kier molecular flexibility index (Phi) is 8.45. The number of nitrogens with one attached hydrogen (secondary N) is 1. The Hall–Kier alpha value is -1.53. The first-order valence-corrected chi connectivity index (χ1v) is 8.42. The van der Waals surface area contributed by atoms with Gasteiger partial charge < -0.3 is 15.0 Å². The maximum Gasteiger partial charge on any atom is 0.183 e. The molecular formula is C18H23Cl2N3OS. The minimum Gasteiger partial charge on any atom is -0.494 e.